The van der Waals surface area contributed by atoms with Crippen LogP contribution in [0.25, 0.3) is 0 Å². The number of hydrogen-bond donors (Lipinski definition) is 1. The van der Waals surface area contributed by atoms with Gasteiger partial charge in [-0.2, -0.15) is 18.4 Å². The SMILES string of the molecule is CC(CC(C)(N)C#N)OCCC(F)(F)F. The first-order valence-corrected chi connectivity index (χ1v) is 4.55. The van der Waals surface area contributed by atoms with E-state index in [1.165, 1.54) is 6.92 Å². The molecule has 0 bridgehead atoms. The molecule has 0 aliphatic rings. The third-order valence-corrected chi connectivity index (χ3v) is 1.75. The van der Waals surface area contributed by atoms with Gasteiger partial charge in [0.15, 0.2) is 0 Å². The Morgan fingerprint density at radius 1 is 1.47 bits per heavy atom. The molecule has 0 aromatic rings. The minimum atomic E-state index is -4.21. The van der Waals surface area contributed by atoms with Crippen molar-refractivity contribution in [2.45, 2.75) is 44.5 Å². The summed E-state index contributed by atoms with van der Waals surface area (Å²) in [4.78, 5) is 0. The molecule has 2 atom stereocenters. The topological polar surface area (TPSA) is 59.0 Å². The second kappa shape index (κ2) is 5.33. The number of ether oxygens (including phenoxy) is 1. The van der Waals surface area contributed by atoms with Gasteiger partial charge in [-0.25, -0.2) is 0 Å². The summed E-state index contributed by atoms with van der Waals surface area (Å²) in [6, 6.07) is 1.85. The van der Waals surface area contributed by atoms with Crippen LogP contribution in [0.4, 0.5) is 13.2 Å². The lowest BCUT2D eigenvalue weighted by Gasteiger charge is -2.21. The van der Waals surface area contributed by atoms with Crippen LogP contribution in [0.5, 0.6) is 0 Å². The highest BCUT2D eigenvalue weighted by Crippen LogP contribution is 2.20. The molecule has 2 unspecified atom stereocenters. The van der Waals surface area contributed by atoms with Crippen LogP contribution >= 0.6 is 0 Å². The van der Waals surface area contributed by atoms with Gasteiger partial charge in [0.25, 0.3) is 0 Å². The Balaban J connectivity index is 3.78. The Labute approximate surface area is 87.0 Å². The molecule has 6 heteroatoms. The number of nitrogens with two attached hydrogens (primary N) is 1. The molecule has 2 N–H and O–H groups in total. The molecular weight excluding hydrogens is 209 g/mol. The molecular formula is C9H15F3N2O. The van der Waals surface area contributed by atoms with Crippen LogP contribution in [0.15, 0.2) is 0 Å². The fourth-order valence-electron chi connectivity index (χ4n) is 1.08. The molecule has 0 saturated heterocycles. The first-order chi connectivity index (χ1) is 6.66. The Bertz CT molecular complexity index is 232. The van der Waals surface area contributed by atoms with Crippen molar-refractivity contribution in [3.8, 4) is 6.07 Å². The van der Waals surface area contributed by atoms with Gasteiger partial charge in [0.2, 0.25) is 0 Å². The molecule has 88 valence electrons. The van der Waals surface area contributed by atoms with Crippen LogP contribution in [0.1, 0.15) is 26.7 Å². The molecule has 0 heterocycles. The Hall–Kier alpha value is -0.800. The molecule has 0 amide bonds. The Morgan fingerprint density at radius 2 is 2.00 bits per heavy atom. The Kier molecular flexibility index (Phi) is 5.05. The molecule has 0 spiro atoms. The molecule has 0 radical (unpaired) electrons. The van der Waals surface area contributed by atoms with Crippen LogP contribution in [-0.2, 0) is 4.74 Å². The molecule has 0 saturated carbocycles. The number of nitriles is 1. The predicted octanol–water partition coefficient (Wildman–Crippen LogP) is 1.97. The number of rotatable bonds is 5. The summed E-state index contributed by atoms with van der Waals surface area (Å²) in [7, 11) is 0. The number of halogens is 3. The summed E-state index contributed by atoms with van der Waals surface area (Å²) in [5.41, 5.74) is 4.45. The van der Waals surface area contributed by atoms with Gasteiger partial charge in [0.1, 0.15) is 5.54 Å². The van der Waals surface area contributed by atoms with Gasteiger partial charge in [-0.05, 0) is 13.8 Å². The van der Waals surface area contributed by atoms with E-state index in [0.29, 0.717) is 0 Å². The first kappa shape index (κ1) is 14.2. The molecule has 0 aromatic heterocycles. The lowest BCUT2D eigenvalue weighted by molar-refractivity contribution is -0.148. The van der Waals surface area contributed by atoms with E-state index in [4.69, 9.17) is 15.7 Å². The summed E-state index contributed by atoms with van der Waals surface area (Å²) in [5.74, 6) is 0. The third-order valence-electron chi connectivity index (χ3n) is 1.75. The summed E-state index contributed by atoms with van der Waals surface area (Å²) in [5, 5.41) is 8.59. The molecule has 0 fully saturated rings. The molecule has 0 aliphatic carbocycles. The average molecular weight is 224 g/mol. The van der Waals surface area contributed by atoms with E-state index >= 15 is 0 Å². The van der Waals surface area contributed by atoms with E-state index in [2.05, 4.69) is 0 Å². The van der Waals surface area contributed by atoms with E-state index in [1.54, 1.807) is 6.92 Å². The highest BCUT2D eigenvalue weighted by atomic mass is 19.4. The normalized spacial score (nSPS) is 17.9. The highest BCUT2D eigenvalue weighted by molar-refractivity contribution is 5.01. The van der Waals surface area contributed by atoms with Crippen LogP contribution in [0, 0.1) is 11.3 Å². The summed E-state index contributed by atoms with van der Waals surface area (Å²) in [6.45, 7) is 2.71. The van der Waals surface area contributed by atoms with Gasteiger partial charge in [0, 0.05) is 6.42 Å². The van der Waals surface area contributed by atoms with Gasteiger partial charge in [-0.3, -0.25) is 0 Å². The molecule has 0 aromatic carbocycles. The van der Waals surface area contributed by atoms with Crippen molar-refractivity contribution in [3.63, 3.8) is 0 Å². The van der Waals surface area contributed by atoms with Crippen molar-refractivity contribution in [3.05, 3.63) is 0 Å². The maximum absolute atomic E-state index is 11.8. The molecule has 0 rings (SSSR count). The van der Waals surface area contributed by atoms with Crippen molar-refractivity contribution in [1.82, 2.24) is 0 Å². The fourth-order valence-corrected chi connectivity index (χ4v) is 1.08. The van der Waals surface area contributed by atoms with Gasteiger partial charge in [0.05, 0.1) is 25.2 Å². The maximum Gasteiger partial charge on any atom is 0.391 e. The van der Waals surface area contributed by atoms with E-state index in [1.807, 2.05) is 6.07 Å². The quantitative estimate of drug-likeness (QED) is 0.776. The summed E-state index contributed by atoms with van der Waals surface area (Å²) < 4.78 is 40.2. The lowest BCUT2D eigenvalue weighted by Crippen LogP contribution is -2.38. The third kappa shape index (κ3) is 8.21. The average Bonchev–Trinajstić information content (AvgIpc) is 2.00. The minimum absolute atomic E-state index is 0.210. The largest absolute Gasteiger partial charge is 0.391 e. The zero-order valence-electron chi connectivity index (χ0n) is 8.77. The monoisotopic (exact) mass is 224 g/mol. The summed E-state index contributed by atoms with van der Waals surface area (Å²) >= 11 is 0. The van der Waals surface area contributed by atoms with Crippen molar-refractivity contribution >= 4 is 0 Å². The molecule has 15 heavy (non-hydrogen) atoms. The van der Waals surface area contributed by atoms with Crippen LogP contribution in [-0.4, -0.2) is 24.4 Å². The number of alkyl halides is 3. The highest BCUT2D eigenvalue weighted by Gasteiger charge is 2.27. The van der Waals surface area contributed by atoms with Crippen molar-refractivity contribution in [2.75, 3.05) is 6.61 Å². The standard InChI is InChI=1S/C9H15F3N2O/c1-7(5-8(2,14)6-13)15-4-3-9(10,11)12/h7H,3-5,14H2,1-2H3. The lowest BCUT2D eigenvalue weighted by atomic mass is 9.98. The second-order valence-corrected chi connectivity index (χ2v) is 3.78. The van der Waals surface area contributed by atoms with Crippen LogP contribution in [0.2, 0.25) is 0 Å². The molecule has 0 aliphatic heterocycles. The fraction of sp³-hybridized carbons (Fsp3) is 0.889. The number of nitrogens with zero attached hydrogens (tertiary/aromatic N) is 1. The van der Waals surface area contributed by atoms with Crippen LogP contribution in [0.3, 0.4) is 0 Å². The number of hydrogen-bond acceptors (Lipinski definition) is 3. The molecule has 3 nitrogen and oxygen atoms in total. The van der Waals surface area contributed by atoms with Crippen molar-refractivity contribution < 1.29 is 17.9 Å². The summed E-state index contributed by atoms with van der Waals surface area (Å²) in [6.07, 6.45) is -5.44. The van der Waals surface area contributed by atoms with Gasteiger partial charge in [-0.15, -0.1) is 0 Å². The Morgan fingerprint density at radius 3 is 2.40 bits per heavy atom. The smallest absolute Gasteiger partial charge is 0.378 e. The first-order valence-electron chi connectivity index (χ1n) is 4.55. The second-order valence-electron chi connectivity index (χ2n) is 3.78. The minimum Gasteiger partial charge on any atom is -0.378 e. The van der Waals surface area contributed by atoms with E-state index in [-0.39, 0.29) is 6.42 Å². The van der Waals surface area contributed by atoms with E-state index in [9.17, 15) is 13.2 Å². The van der Waals surface area contributed by atoms with Gasteiger partial charge >= 0.3 is 6.18 Å². The van der Waals surface area contributed by atoms with Crippen molar-refractivity contribution in [2.24, 2.45) is 5.73 Å². The maximum atomic E-state index is 11.8. The van der Waals surface area contributed by atoms with Gasteiger partial charge in [-0.1, -0.05) is 0 Å². The zero-order valence-corrected chi connectivity index (χ0v) is 8.77. The van der Waals surface area contributed by atoms with Crippen molar-refractivity contribution in [1.29, 1.82) is 5.26 Å². The van der Waals surface area contributed by atoms with E-state index in [0.717, 1.165) is 0 Å². The van der Waals surface area contributed by atoms with Gasteiger partial charge < -0.3 is 10.5 Å². The predicted molar refractivity (Wildman–Crippen MR) is 48.9 cm³/mol. The zero-order chi connectivity index (χ0) is 12.1. The van der Waals surface area contributed by atoms with Crippen LogP contribution < -0.4 is 5.73 Å². The van der Waals surface area contributed by atoms with E-state index < -0.39 is 30.8 Å².